The fourth-order valence-electron chi connectivity index (χ4n) is 2.67. The molecule has 4 heteroatoms. The molecule has 1 N–H and O–H groups in total. The number of hydrogen-bond acceptors (Lipinski definition) is 2. The molecular formula is C18H25N3O. The van der Waals surface area contributed by atoms with Crippen LogP contribution in [0.4, 0.5) is 5.82 Å². The zero-order valence-corrected chi connectivity index (χ0v) is 14.1. The number of carbonyl (C=O) groups is 1. The first-order valence-corrected chi connectivity index (χ1v) is 7.87. The lowest BCUT2D eigenvalue weighted by Gasteiger charge is -2.13. The van der Waals surface area contributed by atoms with Gasteiger partial charge in [-0.3, -0.25) is 4.79 Å². The molecule has 0 aliphatic heterocycles. The van der Waals surface area contributed by atoms with Gasteiger partial charge in [0.15, 0.2) is 0 Å². The van der Waals surface area contributed by atoms with Crippen LogP contribution in [0.25, 0.3) is 5.69 Å². The summed E-state index contributed by atoms with van der Waals surface area (Å²) in [4.78, 5) is 12.3. The Hall–Kier alpha value is -2.10. The molecule has 1 aromatic heterocycles. The van der Waals surface area contributed by atoms with E-state index >= 15 is 0 Å². The summed E-state index contributed by atoms with van der Waals surface area (Å²) in [6.07, 6.45) is 1.90. The summed E-state index contributed by atoms with van der Waals surface area (Å²) in [5.74, 6) is 0.788. The molecule has 0 aliphatic rings. The Morgan fingerprint density at radius 2 is 1.82 bits per heavy atom. The Bertz CT molecular complexity index is 653. The van der Waals surface area contributed by atoms with E-state index in [1.165, 1.54) is 11.1 Å². The molecule has 0 aliphatic carbocycles. The van der Waals surface area contributed by atoms with E-state index in [1.54, 1.807) is 0 Å². The average molecular weight is 299 g/mol. The molecule has 0 spiro atoms. The van der Waals surface area contributed by atoms with Crippen LogP contribution in [0.1, 0.15) is 43.5 Å². The van der Waals surface area contributed by atoms with Gasteiger partial charge in [-0.1, -0.05) is 26.3 Å². The largest absolute Gasteiger partial charge is 0.310 e. The maximum Gasteiger partial charge on any atom is 0.228 e. The minimum absolute atomic E-state index is 0.00732. The molecule has 1 atom stereocenters. The van der Waals surface area contributed by atoms with Gasteiger partial charge in [-0.15, -0.1) is 0 Å². The van der Waals surface area contributed by atoms with Crippen molar-refractivity contribution < 1.29 is 4.79 Å². The monoisotopic (exact) mass is 299 g/mol. The number of anilines is 1. The van der Waals surface area contributed by atoms with Crippen molar-refractivity contribution in [2.45, 2.75) is 47.5 Å². The molecule has 2 rings (SSSR count). The number of hydrogen-bond donors (Lipinski definition) is 1. The van der Waals surface area contributed by atoms with Gasteiger partial charge >= 0.3 is 0 Å². The van der Waals surface area contributed by atoms with Gasteiger partial charge in [0.25, 0.3) is 0 Å². The van der Waals surface area contributed by atoms with Gasteiger partial charge < -0.3 is 5.32 Å². The van der Waals surface area contributed by atoms with Crippen molar-refractivity contribution in [2.75, 3.05) is 5.32 Å². The highest BCUT2D eigenvalue weighted by molar-refractivity contribution is 5.91. The van der Waals surface area contributed by atoms with E-state index in [2.05, 4.69) is 49.4 Å². The van der Waals surface area contributed by atoms with E-state index in [9.17, 15) is 4.79 Å². The first-order chi connectivity index (χ1) is 10.4. The van der Waals surface area contributed by atoms with Gasteiger partial charge in [-0.25, -0.2) is 4.68 Å². The Morgan fingerprint density at radius 1 is 1.18 bits per heavy atom. The molecule has 0 bridgehead atoms. The van der Waals surface area contributed by atoms with Crippen LogP contribution in [0.15, 0.2) is 24.3 Å². The Balaban J connectivity index is 2.32. The van der Waals surface area contributed by atoms with Crippen LogP contribution in [0, 0.1) is 26.7 Å². The average Bonchev–Trinajstić information content (AvgIpc) is 2.78. The molecule has 2 aromatic rings. The molecule has 0 fully saturated rings. The lowest BCUT2D eigenvalue weighted by atomic mass is 10.1. The number of carbonyl (C=O) groups excluding carboxylic acids is 1. The number of aromatic nitrogens is 2. The highest BCUT2D eigenvalue weighted by Crippen LogP contribution is 2.20. The Labute approximate surface area is 132 Å². The molecule has 22 heavy (non-hydrogen) atoms. The van der Waals surface area contributed by atoms with Crippen LogP contribution in [0.5, 0.6) is 0 Å². The van der Waals surface area contributed by atoms with Gasteiger partial charge in [0.2, 0.25) is 5.91 Å². The molecule has 0 saturated heterocycles. The minimum atomic E-state index is 0.00732. The number of rotatable bonds is 5. The Morgan fingerprint density at radius 3 is 2.41 bits per heavy atom. The molecular weight excluding hydrogens is 274 g/mol. The van der Waals surface area contributed by atoms with E-state index < -0.39 is 0 Å². The van der Waals surface area contributed by atoms with Gasteiger partial charge in [-0.2, -0.15) is 5.10 Å². The normalized spacial score (nSPS) is 12.2. The van der Waals surface area contributed by atoms with E-state index in [1.807, 2.05) is 24.6 Å². The lowest BCUT2D eigenvalue weighted by molar-refractivity contribution is -0.119. The second-order valence-corrected chi connectivity index (χ2v) is 6.11. The summed E-state index contributed by atoms with van der Waals surface area (Å²) in [5.41, 5.74) is 4.22. The number of benzene rings is 1. The van der Waals surface area contributed by atoms with Gasteiger partial charge in [0.05, 0.1) is 11.4 Å². The molecule has 1 aromatic carbocycles. The Kier molecular flexibility index (Phi) is 5.01. The standard InChI is InChI=1S/C18H25N3O/c1-6-7-14(4)18(22)19-17-11-15(5)20-21(17)16-9-12(2)8-13(3)10-16/h8-11,14H,6-7H2,1-5H3,(H,19,22). The third-order valence-corrected chi connectivity index (χ3v) is 3.70. The molecule has 0 radical (unpaired) electrons. The molecule has 118 valence electrons. The molecule has 1 amide bonds. The van der Waals surface area contributed by atoms with Crippen LogP contribution in [0.2, 0.25) is 0 Å². The topological polar surface area (TPSA) is 46.9 Å². The van der Waals surface area contributed by atoms with Gasteiger partial charge in [-0.05, 0) is 50.5 Å². The van der Waals surface area contributed by atoms with Crippen molar-refractivity contribution in [3.8, 4) is 5.69 Å². The third kappa shape index (κ3) is 3.75. The summed E-state index contributed by atoms with van der Waals surface area (Å²) < 4.78 is 1.81. The van der Waals surface area contributed by atoms with Crippen molar-refractivity contribution in [1.29, 1.82) is 0 Å². The van der Waals surface area contributed by atoms with Crippen molar-refractivity contribution in [3.63, 3.8) is 0 Å². The van der Waals surface area contributed by atoms with Gasteiger partial charge in [0, 0.05) is 12.0 Å². The van der Waals surface area contributed by atoms with E-state index in [0.29, 0.717) is 0 Å². The van der Waals surface area contributed by atoms with Crippen molar-refractivity contribution >= 4 is 11.7 Å². The fraction of sp³-hybridized carbons (Fsp3) is 0.444. The second kappa shape index (κ2) is 6.77. The van der Waals surface area contributed by atoms with Crippen molar-refractivity contribution in [1.82, 2.24) is 9.78 Å². The predicted octanol–water partition coefficient (Wildman–Crippen LogP) is 4.17. The van der Waals surface area contributed by atoms with Crippen molar-refractivity contribution in [3.05, 3.63) is 41.1 Å². The van der Waals surface area contributed by atoms with Crippen LogP contribution in [-0.2, 0) is 4.79 Å². The molecule has 0 saturated carbocycles. The lowest BCUT2D eigenvalue weighted by Crippen LogP contribution is -2.22. The smallest absolute Gasteiger partial charge is 0.228 e. The number of nitrogens with zero attached hydrogens (tertiary/aromatic N) is 2. The maximum absolute atomic E-state index is 12.3. The van der Waals surface area contributed by atoms with Crippen LogP contribution in [-0.4, -0.2) is 15.7 Å². The first-order valence-electron chi connectivity index (χ1n) is 7.87. The van der Waals surface area contributed by atoms with Crippen LogP contribution < -0.4 is 5.32 Å². The fourth-order valence-corrected chi connectivity index (χ4v) is 2.67. The molecule has 1 heterocycles. The summed E-state index contributed by atoms with van der Waals surface area (Å²) in [6, 6.07) is 8.19. The zero-order chi connectivity index (χ0) is 16.3. The maximum atomic E-state index is 12.3. The first kappa shape index (κ1) is 16.3. The van der Waals surface area contributed by atoms with E-state index in [-0.39, 0.29) is 11.8 Å². The summed E-state index contributed by atoms with van der Waals surface area (Å²) in [5, 5.41) is 7.54. The number of nitrogens with one attached hydrogen (secondary N) is 1. The zero-order valence-electron chi connectivity index (χ0n) is 14.1. The number of amides is 1. The van der Waals surface area contributed by atoms with Crippen LogP contribution >= 0.6 is 0 Å². The summed E-state index contributed by atoms with van der Waals surface area (Å²) >= 11 is 0. The van der Waals surface area contributed by atoms with Crippen molar-refractivity contribution in [2.24, 2.45) is 5.92 Å². The second-order valence-electron chi connectivity index (χ2n) is 6.11. The SMILES string of the molecule is CCCC(C)C(=O)Nc1cc(C)nn1-c1cc(C)cc(C)c1. The number of aryl methyl sites for hydroxylation is 3. The van der Waals surface area contributed by atoms with E-state index in [4.69, 9.17) is 0 Å². The van der Waals surface area contributed by atoms with Gasteiger partial charge in [0.1, 0.15) is 5.82 Å². The molecule has 1 unspecified atom stereocenters. The summed E-state index contributed by atoms with van der Waals surface area (Å²) in [6.45, 7) is 10.1. The molecule has 4 nitrogen and oxygen atoms in total. The highest BCUT2D eigenvalue weighted by Gasteiger charge is 2.16. The highest BCUT2D eigenvalue weighted by atomic mass is 16.2. The quantitative estimate of drug-likeness (QED) is 0.900. The minimum Gasteiger partial charge on any atom is -0.310 e. The predicted molar refractivity (Wildman–Crippen MR) is 90.5 cm³/mol. The summed E-state index contributed by atoms with van der Waals surface area (Å²) in [7, 11) is 0. The van der Waals surface area contributed by atoms with E-state index in [0.717, 1.165) is 30.0 Å². The third-order valence-electron chi connectivity index (χ3n) is 3.70. The van der Waals surface area contributed by atoms with Crippen LogP contribution in [0.3, 0.4) is 0 Å².